The minimum absolute atomic E-state index is 0. The summed E-state index contributed by atoms with van der Waals surface area (Å²) in [4.78, 5) is 15.0. The third-order valence-electron chi connectivity index (χ3n) is 6.02. The molecule has 4 nitrogen and oxygen atoms in total. The van der Waals surface area contributed by atoms with Crippen LogP contribution < -0.4 is 21.7 Å². The summed E-state index contributed by atoms with van der Waals surface area (Å²) in [6.07, 6.45) is 7.78. The minimum Gasteiger partial charge on any atom is -1.00 e. The summed E-state index contributed by atoms with van der Waals surface area (Å²) < 4.78 is 6.83. The monoisotopic (exact) mass is 512 g/mol. The Bertz CT molecular complexity index is 639. The molecule has 5 heteroatoms. The zero-order chi connectivity index (χ0) is 23.3. The number of rotatable bonds is 16. The van der Waals surface area contributed by atoms with E-state index in [-0.39, 0.29) is 17.0 Å². The lowest BCUT2D eigenvalue weighted by Gasteiger charge is -2.32. The molecule has 0 bridgehead atoms. The summed E-state index contributed by atoms with van der Waals surface area (Å²) in [5.41, 5.74) is 2.53. The number of quaternary nitrogens is 1. The van der Waals surface area contributed by atoms with E-state index < -0.39 is 0 Å². The molecule has 0 aliphatic carbocycles. The van der Waals surface area contributed by atoms with Gasteiger partial charge in [-0.25, -0.2) is 0 Å². The van der Waals surface area contributed by atoms with Crippen molar-refractivity contribution in [3.05, 3.63) is 29.3 Å². The second-order valence-corrected chi connectivity index (χ2v) is 9.99. The third-order valence-corrected chi connectivity index (χ3v) is 6.02. The summed E-state index contributed by atoms with van der Waals surface area (Å²) in [6, 6.07) is 6.54. The van der Waals surface area contributed by atoms with Crippen LogP contribution in [-0.4, -0.2) is 62.2 Å². The van der Waals surface area contributed by atoms with Crippen molar-refractivity contribution < 1.29 is 31.0 Å². The Hall–Kier alpha value is -1.07. The first-order chi connectivity index (χ1) is 14.7. The van der Waals surface area contributed by atoms with E-state index in [0.717, 1.165) is 81.4 Å². The molecule has 1 amide bonds. The number of carbonyl (C=O) groups is 1. The van der Waals surface area contributed by atoms with Gasteiger partial charge in [0.25, 0.3) is 5.91 Å². The van der Waals surface area contributed by atoms with Gasteiger partial charge >= 0.3 is 0 Å². The van der Waals surface area contributed by atoms with Crippen LogP contribution in [0.25, 0.3) is 0 Å². The summed E-state index contributed by atoms with van der Waals surface area (Å²) >= 11 is 0. The van der Waals surface area contributed by atoms with Crippen molar-refractivity contribution in [2.75, 3.05) is 46.9 Å². The number of unbranched alkanes of at least 4 members (excludes halogenated alkanes) is 4. The molecule has 0 N–H and O–H groups in total. The van der Waals surface area contributed by atoms with Crippen molar-refractivity contribution in [3.8, 4) is 5.75 Å². The van der Waals surface area contributed by atoms with E-state index in [9.17, 15) is 4.79 Å². The topological polar surface area (TPSA) is 29.5 Å². The van der Waals surface area contributed by atoms with Crippen LogP contribution in [0, 0.1) is 6.92 Å². The largest absolute Gasteiger partial charge is 1.00 e. The van der Waals surface area contributed by atoms with Gasteiger partial charge in [0.2, 0.25) is 0 Å². The lowest BCUT2D eigenvalue weighted by Crippen LogP contribution is -3.00. The second-order valence-electron chi connectivity index (χ2n) is 9.99. The number of halogens is 1. The van der Waals surface area contributed by atoms with Crippen molar-refractivity contribution >= 4 is 5.91 Å². The van der Waals surface area contributed by atoms with E-state index in [4.69, 9.17) is 4.74 Å². The fourth-order valence-electron chi connectivity index (χ4n) is 3.74. The Balaban J connectivity index is 0.00000961. The average Bonchev–Trinajstić information content (AvgIpc) is 2.71. The Morgan fingerprint density at radius 2 is 1.62 bits per heavy atom. The summed E-state index contributed by atoms with van der Waals surface area (Å²) in [7, 11) is 4.37. The van der Waals surface area contributed by atoms with Gasteiger partial charge in [-0.3, -0.25) is 4.79 Å². The van der Waals surface area contributed by atoms with Crippen LogP contribution in [0.2, 0.25) is 0 Å². The summed E-state index contributed by atoms with van der Waals surface area (Å²) in [6.45, 7) is 15.1. The maximum Gasteiger partial charge on any atom is 0.277 e. The van der Waals surface area contributed by atoms with Gasteiger partial charge in [0, 0.05) is 13.1 Å². The van der Waals surface area contributed by atoms with Crippen LogP contribution in [0.1, 0.15) is 89.7 Å². The molecule has 186 valence electrons. The van der Waals surface area contributed by atoms with Crippen molar-refractivity contribution in [2.45, 2.75) is 85.5 Å². The molecule has 0 unspecified atom stereocenters. The number of hydrogen-bond acceptors (Lipinski definition) is 2. The van der Waals surface area contributed by atoms with Gasteiger partial charge in [-0.05, 0) is 62.1 Å². The predicted octanol–water partition coefficient (Wildman–Crippen LogP) is 3.18. The number of benzene rings is 1. The van der Waals surface area contributed by atoms with E-state index in [1.807, 2.05) is 0 Å². The first-order valence-corrected chi connectivity index (χ1v) is 12.5. The highest BCUT2D eigenvalue weighted by Crippen LogP contribution is 2.24. The van der Waals surface area contributed by atoms with Gasteiger partial charge in [0.15, 0.2) is 6.54 Å². The lowest BCUT2D eigenvalue weighted by molar-refractivity contribution is -0.883. The molecule has 0 saturated heterocycles. The van der Waals surface area contributed by atoms with Gasteiger partial charge in [-0.1, -0.05) is 52.7 Å². The molecule has 1 aromatic carbocycles. The molecule has 1 aromatic rings. The molecule has 0 fully saturated rings. The van der Waals surface area contributed by atoms with Gasteiger partial charge in [-0.2, -0.15) is 0 Å². The number of hydrogen-bond donors (Lipinski definition) is 0. The predicted molar refractivity (Wildman–Crippen MR) is 133 cm³/mol. The van der Waals surface area contributed by atoms with Crippen molar-refractivity contribution in [3.63, 3.8) is 0 Å². The first kappa shape index (κ1) is 30.9. The zero-order valence-corrected chi connectivity index (χ0v) is 23.5. The SMILES string of the molecule is CCCCN(CCCC)C(=O)C[N+](C)(C)CCCCCOc1cc(C(C)C)ccc1C.[Br-]. The lowest BCUT2D eigenvalue weighted by atomic mass is 10.0. The first-order valence-electron chi connectivity index (χ1n) is 12.5. The molecule has 0 aliphatic heterocycles. The molecular weight excluding hydrogens is 464 g/mol. The Kier molecular flexibility index (Phi) is 16.0. The smallest absolute Gasteiger partial charge is 0.277 e. The number of carbonyl (C=O) groups excluding carboxylic acids is 1. The van der Waals surface area contributed by atoms with E-state index in [2.05, 4.69) is 71.8 Å². The molecule has 32 heavy (non-hydrogen) atoms. The molecular formula is C27H49BrN2O2. The summed E-state index contributed by atoms with van der Waals surface area (Å²) in [5.74, 6) is 1.86. The Morgan fingerprint density at radius 1 is 1.00 bits per heavy atom. The highest BCUT2D eigenvalue weighted by atomic mass is 79.9. The molecule has 0 radical (unpaired) electrons. The molecule has 0 heterocycles. The fraction of sp³-hybridized carbons (Fsp3) is 0.741. The standard InChI is InChI=1S/C27H49N2O2.BrH/c1-8-10-17-28(18-11-9-2)27(30)22-29(6,7)19-13-12-14-20-31-26-21-25(23(3)4)16-15-24(26)5;/h15-16,21,23H,8-14,17-20,22H2,1-7H3;1H/q+1;/p-1. The molecule has 0 aliphatic rings. The number of amides is 1. The van der Waals surface area contributed by atoms with Crippen LogP contribution in [-0.2, 0) is 4.79 Å². The number of ether oxygens (including phenoxy) is 1. The average molecular weight is 514 g/mol. The van der Waals surface area contributed by atoms with E-state index >= 15 is 0 Å². The number of aryl methyl sites for hydroxylation is 1. The summed E-state index contributed by atoms with van der Waals surface area (Å²) in [5, 5.41) is 0. The number of likely N-dealkylation sites (N-methyl/N-ethyl adjacent to an activating group) is 1. The van der Waals surface area contributed by atoms with Crippen molar-refractivity contribution in [1.82, 2.24) is 4.90 Å². The second kappa shape index (κ2) is 16.5. The normalized spacial score (nSPS) is 11.4. The van der Waals surface area contributed by atoms with Crippen LogP contribution in [0.5, 0.6) is 5.75 Å². The highest BCUT2D eigenvalue weighted by Gasteiger charge is 2.23. The van der Waals surface area contributed by atoms with E-state index in [1.54, 1.807) is 0 Å². The van der Waals surface area contributed by atoms with Gasteiger partial charge in [0.05, 0.1) is 27.2 Å². The third kappa shape index (κ3) is 12.2. The van der Waals surface area contributed by atoms with Crippen LogP contribution in [0.3, 0.4) is 0 Å². The molecule has 0 saturated carbocycles. The zero-order valence-electron chi connectivity index (χ0n) is 21.9. The molecule has 0 aromatic heterocycles. The van der Waals surface area contributed by atoms with Gasteiger partial charge in [-0.15, -0.1) is 0 Å². The fourth-order valence-corrected chi connectivity index (χ4v) is 3.74. The van der Waals surface area contributed by atoms with Crippen LogP contribution in [0.15, 0.2) is 18.2 Å². The van der Waals surface area contributed by atoms with Crippen LogP contribution in [0.4, 0.5) is 0 Å². The number of nitrogens with zero attached hydrogens (tertiary/aromatic N) is 2. The van der Waals surface area contributed by atoms with E-state index in [1.165, 1.54) is 11.1 Å². The van der Waals surface area contributed by atoms with Gasteiger partial charge in [0.1, 0.15) is 5.75 Å². The molecule has 0 atom stereocenters. The maximum atomic E-state index is 12.9. The minimum atomic E-state index is 0. The Morgan fingerprint density at radius 3 is 2.19 bits per heavy atom. The van der Waals surface area contributed by atoms with E-state index in [0.29, 0.717) is 18.4 Å². The van der Waals surface area contributed by atoms with Crippen molar-refractivity contribution in [1.29, 1.82) is 0 Å². The quantitative estimate of drug-likeness (QED) is 0.251. The van der Waals surface area contributed by atoms with Crippen LogP contribution >= 0.6 is 0 Å². The maximum absolute atomic E-state index is 12.9. The molecule has 1 rings (SSSR count). The molecule has 0 spiro atoms. The van der Waals surface area contributed by atoms with Crippen molar-refractivity contribution in [2.24, 2.45) is 0 Å². The highest BCUT2D eigenvalue weighted by molar-refractivity contribution is 5.77. The van der Waals surface area contributed by atoms with Gasteiger partial charge < -0.3 is 31.1 Å². The Labute approximate surface area is 209 Å².